The van der Waals surface area contributed by atoms with E-state index in [-0.39, 0.29) is 0 Å². The average Bonchev–Trinajstić information content (AvgIpc) is 2.37. The first-order valence-corrected chi connectivity index (χ1v) is 7.27. The largest absolute Gasteiger partial charge is 0.489 e. The van der Waals surface area contributed by atoms with Crippen molar-refractivity contribution in [3.63, 3.8) is 0 Å². The molecule has 2 nitrogen and oxygen atoms in total. The van der Waals surface area contributed by atoms with Crippen LogP contribution in [0.15, 0.2) is 51.4 Å². The molecule has 2 aromatic carbocycles. The molecule has 0 atom stereocenters. The van der Waals surface area contributed by atoms with Crippen molar-refractivity contribution in [2.45, 2.75) is 13.0 Å². The molecule has 0 aliphatic heterocycles. The highest BCUT2D eigenvalue weighted by atomic mass is 79.9. The van der Waals surface area contributed by atoms with E-state index in [4.69, 9.17) is 4.74 Å². The van der Waals surface area contributed by atoms with Crippen molar-refractivity contribution in [1.82, 2.24) is 0 Å². The van der Waals surface area contributed by atoms with Crippen LogP contribution in [0.25, 0.3) is 0 Å². The molecule has 0 heterocycles. The van der Waals surface area contributed by atoms with Crippen LogP contribution in [0.2, 0.25) is 0 Å². The van der Waals surface area contributed by atoms with Gasteiger partial charge < -0.3 is 4.74 Å². The van der Waals surface area contributed by atoms with E-state index in [1.807, 2.05) is 48.8 Å². The molecule has 0 spiro atoms. The Labute approximate surface area is 129 Å². The zero-order valence-electron chi connectivity index (χ0n) is 10.0. The maximum Gasteiger partial charge on any atom is 0.203 e. The highest BCUT2D eigenvalue weighted by molar-refractivity contribution is 9.11. The van der Waals surface area contributed by atoms with E-state index in [1.165, 1.54) is 0 Å². The van der Waals surface area contributed by atoms with Crippen molar-refractivity contribution >= 4 is 38.1 Å². The summed E-state index contributed by atoms with van der Waals surface area (Å²) in [5.74, 6) is 0.783. The minimum absolute atomic E-state index is 0.318. The Morgan fingerprint density at radius 1 is 0.947 bits per heavy atom. The quantitative estimate of drug-likeness (QED) is 0.763. The summed E-state index contributed by atoms with van der Waals surface area (Å²) in [4.78, 5) is 10.3. The molecule has 0 aliphatic rings. The Morgan fingerprint density at radius 2 is 1.58 bits per heavy atom. The Bertz CT molecular complexity index is 545. The maximum atomic E-state index is 10.3. The van der Waals surface area contributed by atoms with Crippen LogP contribution in [0.5, 0.6) is 5.75 Å². The predicted molar refractivity (Wildman–Crippen MR) is 82.0 cm³/mol. The second-order valence-corrected chi connectivity index (χ2v) is 5.86. The fraction of sp³-hybridized carbons (Fsp3) is 0.133. The van der Waals surface area contributed by atoms with Crippen LogP contribution >= 0.6 is 31.9 Å². The molecular formula is C15H11Br2O2. The summed E-state index contributed by atoms with van der Waals surface area (Å²) >= 11 is 6.89. The highest BCUT2D eigenvalue weighted by Crippen LogP contribution is 2.21. The molecule has 2 aromatic rings. The molecule has 0 unspecified atom stereocenters. The van der Waals surface area contributed by atoms with Gasteiger partial charge in [0.1, 0.15) is 12.4 Å². The first-order chi connectivity index (χ1) is 9.17. The fourth-order valence-electron chi connectivity index (χ4n) is 1.65. The van der Waals surface area contributed by atoms with Crippen LogP contribution in [0.3, 0.4) is 0 Å². The zero-order chi connectivity index (χ0) is 13.7. The summed E-state index contributed by atoms with van der Waals surface area (Å²) in [5.41, 5.74) is 2.01. The van der Waals surface area contributed by atoms with Gasteiger partial charge in [-0.15, -0.1) is 0 Å². The third kappa shape index (κ3) is 4.48. The van der Waals surface area contributed by atoms with E-state index < -0.39 is 0 Å². The minimum atomic E-state index is 0.318. The van der Waals surface area contributed by atoms with Crippen LogP contribution in [0, 0.1) is 0 Å². The first kappa shape index (κ1) is 14.3. The molecular weight excluding hydrogens is 372 g/mol. The van der Waals surface area contributed by atoms with E-state index in [2.05, 4.69) is 31.9 Å². The monoisotopic (exact) mass is 381 g/mol. The number of hydrogen-bond acceptors (Lipinski definition) is 2. The molecule has 0 amide bonds. The fourth-order valence-corrected chi connectivity index (χ4v) is 3.04. The van der Waals surface area contributed by atoms with E-state index >= 15 is 0 Å². The van der Waals surface area contributed by atoms with Gasteiger partial charge in [-0.05, 0) is 41.5 Å². The summed E-state index contributed by atoms with van der Waals surface area (Å²) in [6.45, 7) is 0.497. The second-order valence-electron chi connectivity index (χ2n) is 4.03. The number of rotatable bonds is 5. The number of halogens is 2. The second kappa shape index (κ2) is 6.87. The number of ether oxygens (including phenoxy) is 1. The van der Waals surface area contributed by atoms with Gasteiger partial charge in [0.25, 0.3) is 0 Å². The Hall–Kier alpha value is -1.13. The summed E-state index contributed by atoms with van der Waals surface area (Å²) in [6, 6.07) is 13.5. The summed E-state index contributed by atoms with van der Waals surface area (Å²) in [5, 5.41) is 0. The maximum absolute atomic E-state index is 10.3. The van der Waals surface area contributed by atoms with Gasteiger partial charge in [-0.1, -0.05) is 44.0 Å². The van der Waals surface area contributed by atoms with E-state index in [1.54, 1.807) is 0 Å². The third-order valence-electron chi connectivity index (χ3n) is 2.53. The lowest BCUT2D eigenvalue weighted by atomic mass is 10.2. The molecule has 97 valence electrons. The molecule has 0 N–H and O–H groups in total. The molecule has 19 heavy (non-hydrogen) atoms. The molecule has 2 rings (SSSR count). The van der Waals surface area contributed by atoms with E-state index in [0.29, 0.717) is 13.0 Å². The molecule has 0 aromatic heterocycles. The van der Waals surface area contributed by atoms with Gasteiger partial charge >= 0.3 is 0 Å². The average molecular weight is 383 g/mol. The van der Waals surface area contributed by atoms with Crippen LogP contribution in [-0.2, 0) is 17.8 Å². The molecule has 0 bridgehead atoms. The Balaban J connectivity index is 1.99. The summed E-state index contributed by atoms with van der Waals surface area (Å²) in [7, 11) is 0. The van der Waals surface area contributed by atoms with Gasteiger partial charge in [0, 0.05) is 15.4 Å². The van der Waals surface area contributed by atoms with Gasteiger partial charge in [0.05, 0.1) is 0 Å². The smallest absolute Gasteiger partial charge is 0.203 e. The van der Waals surface area contributed by atoms with Crippen LogP contribution < -0.4 is 4.74 Å². The van der Waals surface area contributed by atoms with Gasteiger partial charge in [-0.25, -0.2) is 0 Å². The van der Waals surface area contributed by atoms with Crippen molar-refractivity contribution in [3.05, 3.63) is 62.5 Å². The molecule has 4 heteroatoms. The third-order valence-corrected chi connectivity index (χ3v) is 3.44. The van der Waals surface area contributed by atoms with Crippen molar-refractivity contribution < 1.29 is 9.53 Å². The number of carbonyl (C=O) groups excluding carboxylic acids is 1. The van der Waals surface area contributed by atoms with Crippen molar-refractivity contribution in [1.29, 1.82) is 0 Å². The Morgan fingerprint density at radius 3 is 2.16 bits per heavy atom. The molecule has 0 saturated carbocycles. The zero-order valence-corrected chi connectivity index (χ0v) is 13.2. The van der Waals surface area contributed by atoms with E-state index in [9.17, 15) is 4.79 Å². The lowest BCUT2D eigenvalue weighted by Gasteiger charge is -2.07. The normalized spacial score (nSPS) is 10.2. The SMILES string of the molecule is O=[C]Cc1ccc(OCc2cc(Br)cc(Br)c2)cc1. The van der Waals surface area contributed by atoms with Gasteiger partial charge in [0.2, 0.25) is 6.29 Å². The van der Waals surface area contributed by atoms with Crippen LogP contribution in [-0.4, -0.2) is 6.29 Å². The Kier molecular flexibility index (Phi) is 5.16. The van der Waals surface area contributed by atoms with E-state index in [0.717, 1.165) is 25.8 Å². The minimum Gasteiger partial charge on any atom is -0.489 e. The van der Waals surface area contributed by atoms with Crippen LogP contribution in [0.4, 0.5) is 0 Å². The molecule has 0 fully saturated rings. The van der Waals surface area contributed by atoms with Gasteiger partial charge in [-0.3, -0.25) is 4.79 Å². The van der Waals surface area contributed by atoms with Crippen molar-refractivity contribution in [2.24, 2.45) is 0 Å². The lowest BCUT2D eigenvalue weighted by Crippen LogP contribution is -1.96. The molecule has 1 radical (unpaired) electrons. The topological polar surface area (TPSA) is 26.3 Å². The van der Waals surface area contributed by atoms with Crippen molar-refractivity contribution in [3.8, 4) is 5.75 Å². The highest BCUT2D eigenvalue weighted by Gasteiger charge is 2.00. The predicted octanol–water partition coefficient (Wildman–Crippen LogP) is 4.44. The number of hydrogen-bond donors (Lipinski definition) is 0. The number of benzene rings is 2. The van der Waals surface area contributed by atoms with Gasteiger partial charge in [-0.2, -0.15) is 0 Å². The first-order valence-electron chi connectivity index (χ1n) is 5.69. The summed E-state index contributed by atoms with van der Waals surface area (Å²) in [6.07, 6.45) is 2.19. The van der Waals surface area contributed by atoms with Gasteiger partial charge in [0.15, 0.2) is 0 Å². The summed E-state index contributed by atoms with van der Waals surface area (Å²) < 4.78 is 7.72. The van der Waals surface area contributed by atoms with Crippen molar-refractivity contribution in [2.75, 3.05) is 0 Å². The lowest BCUT2D eigenvalue weighted by molar-refractivity contribution is 0.306. The molecule has 0 saturated heterocycles. The standard InChI is InChI=1S/C15H11Br2O2/c16-13-7-12(8-14(17)9-13)10-19-15-3-1-11(2-4-15)5-6-18/h1-4,7-9H,5,10H2. The molecule has 0 aliphatic carbocycles. The van der Waals surface area contributed by atoms with Crippen LogP contribution in [0.1, 0.15) is 11.1 Å².